The lowest BCUT2D eigenvalue weighted by atomic mass is 9.91. The monoisotopic (exact) mass is 387 g/mol. The molecule has 0 unspecified atom stereocenters. The van der Waals surface area contributed by atoms with Crippen LogP contribution in [0.25, 0.3) is 10.8 Å². The van der Waals surface area contributed by atoms with Crippen LogP contribution in [0, 0.1) is 5.92 Å². The molecule has 1 saturated carbocycles. The van der Waals surface area contributed by atoms with E-state index in [1.165, 1.54) is 38.2 Å². The Kier molecular flexibility index (Phi) is 6.82. The molecule has 1 aliphatic carbocycles. The maximum atomic E-state index is 12.2. The van der Waals surface area contributed by atoms with Crippen molar-refractivity contribution >= 4 is 33.9 Å². The van der Waals surface area contributed by atoms with Crippen LogP contribution in [0.3, 0.4) is 0 Å². The zero-order valence-corrected chi connectivity index (χ0v) is 16.0. The van der Waals surface area contributed by atoms with Crippen LogP contribution in [-0.4, -0.2) is 9.97 Å². The summed E-state index contributed by atoms with van der Waals surface area (Å²) in [6, 6.07) is 10.1. The number of fused-ring (bicyclic) bond motifs is 1. The van der Waals surface area contributed by atoms with Crippen molar-refractivity contribution in [1.82, 2.24) is 9.97 Å². The topological polar surface area (TPSA) is 47.0 Å². The van der Waals surface area contributed by atoms with Crippen LogP contribution in [0.1, 0.15) is 39.0 Å². The van der Waals surface area contributed by atoms with Gasteiger partial charge in [-0.1, -0.05) is 50.6 Å². The molecule has 0 saturated heterocycles. The van der Waals surface area contributed by atoms with E-state index >= 15 is 0 Å². The molecule has 0 bridgehead atoms. The quantitative estimate of drug-likeness (QED) is 0.497. The first-order valence-corrected chi connectivity index (χ1v) is 9.59. The Morgan fingerprint density at radius 1 is 1.07 bits per heavy atom. The molecule has 27 heavy (non-hydrogen) atoms. The molecule has 0 spiro atoms. The van der Waals surface area contributed by atoms with Crippen molar-refractivity contribution in [2.24, 2.45) is 5.92 Å². The predicted octanol–water partition coefficient (Wildman–Crippen LogP) is 6.88. The minimum Gasteiger partial charge on any atom is -0.338 e. The standard InChI is InChI=1S/C14H9ClFN3O.C7H14/c15-13-4-1-10(8-18-13)19-14-12-3-2-11(20-16)7-9(12)5-6-17-14;1-7-5-3-2-4-6-7/h1-8H,(H,17,19);7H,2-6H2,1H3. The van der Waals surface area contributed by atoms with E-state index < -0.39 is 0 Å². The molecular formula is C21H23ClFN3O. The van der Waals surface area contributed by atoms with Gasteiger partial charge in [-0.3, -0.25) is 4.94 Å². The Morgan fingerprint density at radius 3 is 2.52 bits per heavy atom. The molecule has 1 fully saturated rings. The van der Waals surface area contributed by atoms with Crippen LogP contribution in [0.4, 0.5) is 16.0 Å². The number of benzene rings is 1. The highest BCUT2D eigenvalue weighted by Crippen LogP contribution is 2.27. The van der Waals surface area contributed by atoms with Crippen molar-refractivity contribution in [3.63, 3.8) is 0 Å². The average molecular weight is 388 g/mol. The van der Waals surface area contributed by atoms with Gasteiger partial charge in [0.25, 0.3) is 0 Å². The molecule has 0 amide bonds. The molecule has 1 aromatic carbocycles. The Morgan fingerprint density at radius 2 is 1.89 bits per heavy atom. The lowest BCUT2D eigenvalue weighted by Gasteiger charge is -2.15. The molecule has 0 aliphatic heterocycles. The molecule has 3 aromatic rings. The van der Waals surface area contributed by atoms with Gasteiger partial charge >= 0.3 is 0 Å². The van der Waals surface area contributed by atoms with E-state index in [2.05, 4.69) is 27.1 Å². The largest absolute Gasteiger partial charge is 0.338 e. The summed E-state index contributed by atoms with van der Waals surface area (Å²) in [7, 11) is 0. The van der Waals surface area contributed by atoms with Crippen LogP contribution >= 0.6 is 11.6 Å². The van der Waals surface area contributed by atoms with Crippen LogP contribution in [-0.2, 0) is 0 Å². The first-order chi connectivity index (χ1) is 13.2. The van der Waals surface area contributed by atoms with Gasteiger partial charge in [0.05, 0.1) is 11.9 Å². The lowest BCUT2D eigenvalue weighted by molar-refractivity contribution is -0.00603. The fourth-order valence-electron chi connectivity index (χ4n) is 3.20. The van der Waals surface area contributed by atoms with E-state index in [0.717, 1.165) is 22.4 Å². The third kappa shape index (κ3) is 5.54. The van der Waals surface area contributed by atoms with Crippen molar-refractivity contribution in [3.05, 3.63) is 53.9 Å². The number of nitrogens with one attached hydrogen (secondary N) is 1. The molecule has 4 rings (SSSR count). The number of anilines is 2. The Bertz CT molecular complexity index is 867. The maximum absolute atomic E-state index is 12.2. The van der Waals surface area contributed by atoms with Gasteiger partial charge in [0.15, 0.2) is 5.75 Å². The fraction of sp³-hybridized carbons (Fsp3) is 0.333. The van der Waals surface area contributed by atoms with E-state index in [9.17, 15) is 4.53 Å². The van der Waals surface area contributed by atoms with Crippen LogP contribution in [0.5, 0.6) is 5.75 Å². The van der Waals surface area contributed by atoms with Gasteiger partial charge in [-0.2, -0.15) is 0 Å². The van der Waals surface area contributed by atoms with Crippen molar-refractivity contribution in [3.8, 4) is 5.75 Å². The number of pyridine rings is 2. The first-order valence-electron chi connectivity index (χ1n) is 9.21. The highest BCUT2D eigenvalue weighted by molar-refractivity contribution is 6.29. The molecule has 0 atom stereocenters. The lowest BCUT2D eigenvalue weighted by Crippen LogP contribution is -1.99. The number of halogens is 2. The molecular weight excluding hydrogens is 365 g/mol. The summed E-state index contributed by atoms with van der Waals surface area (Å²) in [4.78, 5) is 12.0. The van der Waals surface area contributed by atoms with E-state index in [1.807, 2.05) is 0 Å². The zero-order chi connectivity index (χ0) is 19.1. The third-order valence-corrected chi connectivity index (χ3v) is 4.93. The summed E-state index contributed by atoms with van der Waals surface area (Å²) in [5.41, 5.74) is 0.764. The summed E-state index contributed by atoms with van der Waals surface area (Å²) in [5, 5.41) is 5.24. The van der Waals surface area contributed by atoms with Gasteiger partial charge in [0.1, 0.15) is 11.0 Å². The molecule has 6 heteroatoms. The molecule has 2 aromatic heterocycles. The molecule has 142 valence electrons. The van der Waals surface area contributed by atoms with Crippen LogP contribution in [0.15, 0.2) is 48.8 Å². The van der Waals surface area contributed by atoms with Gasteiger partial charge in [-0.05, 0) is 47.7 Å². The Balaban J connectivity index is 0.000000253. The van der Waals surface area contributed by atoms with Gasteiger partial charge in [-0.15, -0.1) is 0 Å². The van der Waals surface area contributed by atoms with Crippen molar-refractivity contribution in [2.75, 3.05) is 5.32 Å². The van der Waals surface area contributed by atoms with E-state index in [1.54, 1.807) is 42.7 Å². The summed E-state index contributed by atoms with van der Waals surface area (Å²) in [6.45, 7) is 2.36. The molecule has 1 N–H and O–H groups in total. The van der Waals surface area contributed by atoms with E-state index in [0.29, 0.717) is 11.0 Å². The molecule has 0 radical (unpaired) electrons. The summed E-state index contributed by atoms with van der Waals surface area (Å²) in [6.07, 6.45) is 10.7. The summed E-state index contributed by atoms with van der Waals surface area (Å²) < 4.78 is 12.2. The molecule has 2 heterocycles. The third-order valence-electron chi connectivity index (χ3n) is 4.71. The number of nitrogens with zero attached hydrogens (tertiary/aromatic N) is 2. The second kappa shape index (κ2) is 9.51. The number of hydrogen-bond acceptors (Lipinski definition) is 4. The van der Waals surface area contributed by atoms with E-state index in [-0.39, 0.29) is 5.75 Å². The van der Waals surface area contributed by atoms with Crippen LogP contribution in [0.2, 0.25) is 5.15 Å². The van der Waals surface area contributed by atoms with Crippen molar-refractivity contribution < 1.29 is 9.47 Å². The van der Waals surface area contributed by atoms with Crippen molar-refractivity contribution in [1.29, 1.82) is 0 Å². The second-order valence-corrected chi connectivity index (χ2v) is 7.24. The minimum absolute atomic E-state index is 0.155. The second-order valence-electron chi connectivity index (χ2n) is 6.86. The minimum atomic E-state index is 0.155. The van der Waals surface area contributed by atoms with Gasteiger partial charge < -0.3 is 5.32 Å². The zero-order valence-electron chi connectivity index (χ0n) is 15.3. The Hall–Kier alpha value is -2.40. The van der Waals surface area contributed by atoms with Gasteiger partial charge in [0, 0.05) is 16.1 Å². The fourth-order valence-corrected chi connectivity index (χ4v) is 3.31. The molecule has 4 nitrogen and oxygen atoms in total. The Labute approximate surface area is 163 Å². The van der Waals surface area contributed by atoms with Crippen LogP contribution < -0.4 is 10.3 Å². The predicted molar refractivity (Wildman–Crippen MR) is 108 cm³/mol. The smallest absolute Gasteiger partial charge is 0.172 e. The van der Waals surface area contributed by atoms with E-state index in [4.69, 9.17) is 11.6 Å². The number of rotatable bonds is 3. The normalized spacial score (nSPS) is 14.3. The number of aromatic nitrogens is 2. The SMILES string of the molecule is CC1CCCCC1.FOc1ccc2c(Nc3ccc(Cl)nc3)nccc2c1. The highest BCUT2D eigenvalue weighted by Gasteiger charge is 2.06. The maximum Gasteiger partial charge on any atom is 0.172 e. The van der Waals surface area contributed by atoms with Gasteiger partial charge in [0.2, 0.25) is 0 Å². The first kappa shape index (κ1) is 19.4. The average Bonchev–Trinajstić information content (AvgIpc) is 2.70. The molecule has 1 aliphatic rings. The summed E-state index contributed by atoms with van der Waals surface area (Å²) in [5.74, 6) is 1.84. The number of hydrogen-bond donors (Lipinski definition) is 1. The van der Waals surface area contributed by atoms with Gasteiger partial charge in [-0.25, -0.2) is 9.97 Å². The highest BCUT2D eigenvalue weighted by atomic mass is 35.5. The van der Waals surface area contributed by atoms with Crippen molar-refractivity contribution in [2.45, 2.75) is 39.0 Å². The summed E-state index contributed by atoms with van der Waals surface area (Å²) >= 11 is 5.74.